The number of fused-ring (bicyclic) bond motifs is 1. The molecule has 1 aliphatic heterocycles. The van der Waals surface area contributed by atoms with Gasteiger partial charge in [-0.05, 0) is 44.1 Å². The average molecular weight is 390 g/mol. The van der Waals surface area contributed by atoms with Crippen LogP contribution >= 0.6 is 11.6 Å². The van der Waals surface area contributed by atoms with E-state index in [-0.39, 0.29) is 5.02 Å². The van der Waals surface area contributed by atoms with Crippen molar-refractivity contribution in [3.05, 3.63) is 29.0 Å². The van der Waals surface area contributed by atoms with Crippen LogP contribution in [0.3, 0.4) is 0 Å². The van der Waals surface area contributed by atoms with Crippen LogP contribution in [0.25, 0.3) is 22.3 Å². The SMILES string of the molecule is Cn1nc2nc(NCCN3CCCC3)nc(-c3ccc(F)c(Cl)c3)c2c1N. The van der Waals surface area contributed by atoms with Gasteiger partial charge in [-0.1, -0.05) is 11.6 Å². The maximum absolute atomic E-state index is 13.6. The number of nitrogens with two attached hydrogens (primary N) is 1. The Morgan fingerprint density at radius 2 is 2.04 bits per heavy atom. The molecule has 4 rings (SSSR count). The van der Waals surface area contributed by atoms with Gasteiger partial charge >= 0.3 is 0 Å². The highest BCUT2D eigenvalue weighted by molar-refractivity contribution is 6.31. The molecule has 142 valence electrons. The average Bonchev–Trinajstić information content (AvgIpc) is 3.25. The maximum Gasteiger partial charge on any atom is 0.225 e. The van der Waals surface area contributed by atoms with E-state index in [2.05, 4.69) is 25.3 Å². The number of likely N-dealkylation sites (tertiary alicyclic amines) is 1. The minimum Gasteiger partial charge on any atom is -0.383 e. The Bertz CT molecular complexity index is 981. The lowest BCUT2D eigenvalue weighted by molar-refractivity contribution is 0.352. The first-order valence-electron chi connectivity index (χ1n) is 8.95. The van der Waals surface area contributed by atoms with E-state index in [1.165, 1.54) is 18.9 Å². The first-order chi connectivity index (χ1) is 13.0. The zero-order valence-corrected chi connectivity index (χ0v) is 15.8. The van der Waals surface area contributed by atoms with Gasteiger partial charge in [0.15, 0.2) is 5.65 Å². The number of anilines is 2. The van der Waals surface area contributed by atoms with Crippen LogP contribution in [0.15, 0.2) is 18.2 Å². The van der Waals surface area contributed by atoms with E-state index in [4.69, 9.17) is 17.3 Å². The van der Waals surface area contributed by atoms with Crippen molar-refractivity contribution in [2.45, 2.75) is 12.8 Å². The number of aryl methyl sites for hydroxylation is 1. The Labute approximate surface area is 161 Å². The standard InChI is InChI=1S/C18H21ClFN7/c1-26-16(21)14-15(11-4-5-13(20)12(19)10-11)23-18(24-17(14)25-26)22-6-9-27-7-2-3-8-27/h4-5,10H,2-3,6-9,21H2,1H3,(H,22,24,25). The fourth-order valence-corrected chi connectivity index (χ4v) is 3.56. The Morgan fingerprint density at radius 3 is 2.78 bits per heavy atom. The third-order valence-electron chi connectivity index (χ3n) is 4.84. The fourth-order valence-electron chi connectivity index (χ4n) is 3.38. The number of halogens is 2. The van der Waals surface area contributed by atoms with Crippen LogP contribution < -0.4 is 11.1 Å². The van der Waals surface area contributed by atoms with Crippen molar-refractivity contribution >= 4 is 34.4 Å². The van der Waals surface area contributed by atoms with E-state index in [9.17, 15) is 4.39 Å². The summed E-state index contributed by atoms with van der Waals surface area (Å²) in [5.74, 6) is 0.438. The monoisotopic (exact) mass is 389 g/mol. The number of nitrogens with one attached hydrogen (secondary N) is 1. The van der Waals surface area contributed by atoms with Crippen LogP contribution in [-0.4, -0.2) is 50.8 Å². The minimum atomic E-state index is -0.478. The molecule has 2 aromatic heterocycles. The number of hydrogen-bond donors (Lipinski definition) is 2. The normalized spacial score (nSPS) is 14.9. The maximum atomic E-state index is 13.6. The lowest BCUT2D eigenvalue weighted by Crippen LogP contribution is -2.26. The predicted octanol–water partition coefficient (Wildman–Crippen LogP) is 2.91. The van der Waals surface area contributed by atoms with Crippen molar-refractivity contribution < 1.29 is 4.39 Å². The van der Waals surface area contributed by atoms with Crippen LogP contribution in [0.1, 0.15) is 12.8 Å². The molecule has 1 aliphatic rings. The van der Waals surface area contributed by atoms with Crippen LogP contribution in [0.2, 0.25) is 5.02 Å². The molecular formula is C18H21ClFN7. The Morgan fingerprint density at radius 1 is 1.26 bits per heavy atom. The second-order valence-corrected chi connectivity index (χ2v) is 7.11. The summed E-state index contributed by atoms with van der Waals surface area (Å²) in [6.45, 7) is 3.94. The molecule has 0 bridgehead atoms. The largest absolute Gasteiger partial charge is 0.383 e. The van der Waals surface area contributed by atoms with Gasteiger partial charge in [0, 0.05) is 25.7 Å². The number of nitrogens with zero attached hydrogens (tertiary/aromatic N) is 5. The van der Waals surface area contributed by atoms with Gasteiger partial charge in [-0.25, -0.2) is 9.37 Å². The summed E-state index contributed by atoms with van der Waals surface area (Å²) in [4.78, 5) is 11.5. The van der Waals surface area contributed by atoms with E-state index in [0.717, 1.165) is 26.2 Å². The quantitative estimate of drug-likeness (QED) is 0.698. The van der Waals surface area contributed by atoms with Gasteiger partial charge in [-0.15, -0.1) is 0 Å². The highest BCUT2D eigenvalue weighted by atomic mass is 35.5. The lowest BCUT2D eigenvalue weighted by Gasteiger charge is -2.15. The van der Waals surface area contributed by atoms with Crippen molar-refractivity contribution in [2.24, 2.45) is 7.05 Å². The number of nitrogen functional groups attached to an aromatic ring is 1. The summed E-state index contributed by atoms with van der Waals surface area (Å²) in [7, 11) is 1.75. The molecule has 0 amide bonds. The predicted molar refractivity (Wildman–Crippen MR) is 105 cm³/mol. The second-order valence-electron chi connectivity index (χ2n) is 6.71. The molecule has 9 heteroatoms. The number of aromatic nitrogens is 4. The molecule has 0 spiro atoms. The summed E-state index contributed by atoms with van der Waals surface area (Å²) >= 11 is 5.96. The van der Waals surface area contributed by atoms with Gasteiger partial charge in [0.05, 0.1) is 16.1 Å². The van der Waals surface area contributed by atoms with Crippen molar-refractivity contribution in [2.75, 3.05) is 37.2 Å². The van der Waals surface area contributed by atoms with Gasteiger partial charge in [0.2, 0.25) is 5.95 Å². The van der Waals surface area contributed by atoms with E-state index in [1.807, 2.05) is 0 Å². The molecule has 1 saturated heterocycles. The van der Waals surface area contributed by atoms with E-state index < -0.39 is 5.82 Å². The van der Waals surface area contributed by atoms with Crippen LogP contribution in [0.4, 0.5) is 16.2 Å². The summed E-state index contributed by atoms with van der Waals surface area (Å²) in [6.07, 6.45) is 2.51. The molecule has 3 N–H and O–H groups in total. The minimum absolute atomic E-state index is 0.0327. The third kappa shape index (κ3) is 3.54. The summed E-state index contributed by atoms with van der Waals surface area (Å²) in [5.41, 5.74) is 7.90. The molecule has 1 aromatic carbocycles. The smallest absolute Gasteiger partial charge is 0.225 e. The van der Waals surface area contributed by atoms with Gasteiger partial charge in [0.25, 0.3) is 0 Å². The number of hydrogen-bond acceptors (Lipinski definition) is 6. The third-order valence-corrected chi connectivity index (χ3v) is 5.13. The zero-order chi connectivity index (χ0) is 19.0. The number of rotatable bonds is 5. The fraction of sp³-hybridized carbons (Fsp3) is 0.389. The molecule has 0 atom stereocenters. The first kappa shape index (κ1) is 17.9. The van der Waals surface area contributed by atoms with E-state index >= 15 is 0 Å². The molecule has 1 fully saturated rings. The van der Waals surface area contributed by atoms with E-state index in [1.54, 1.807) is 23.9 Å². The van der Waals surface area contributed by atoms with Gasteiger partial charge in [-0.2, -0.15) is 10.1 Å². The topological polar surface area (TPSA) is 84.9 Å². The molecule has 0 saturated carbocycles. The Hall–Kier alpha value is -2.45. The lowest BCUT2D eigenvalue weighted by atomic mass is 10.1. The molecule has 0 aliphatic carbocycles. The molecule has 0 radical (unpaired) electrons. The summed E-state index contributed by atoms with van der Waals surface area (Å²) in [6, 6.07) is 4.49. The molecule has 3 heterocycles. The van der Waals surface area contributed by atoms with Crippen molar-refractivity contribution in [1.29, 1.82) is 0 Å². The van der Waals surface area contributed by atoms with Gasteiger partial charge < -0.3 is 16.0 Å². The molecule has 27 heavy (non-hydrogen) atoms. The highest BCUT2D eigenvalue weighted by Crippen LogP contribution is 2.32. The first-order valence-corrected chi connectivity index (χ1v) is 9.32. The van der Waals surface area contributed by atoms with Crippen molar-refractivity contribution in [1.82, 2.24) is 24.6 Å². The van der Waals surface area contributed by atoms with Crippen molar-refractivity contribution in [3.8, 4) is 11.3 Å². The van der Waals surface area contributed by atoms with E-state index in [0.29, 0.717) is 34.1 Å². The summed E-state index contributed by atoms with van der Waals surface area (Å²) in [5, 5.41) is 8.30. The number of benzene rings is 1. The van der Waals surface area contributed by atoms with Crippen LogP contribution in [-0.2, 0) is 7.05 Å². The molecule has 3 aromatic rings. The van der Waals surface area contributed by atoms with Gasteiger partial charge in [0.1, 0.15) is 11.6 Å². The zero-order valence-electron chi connectivity index (χ0n) is 15.0. The molecule has 0 unspecified atom stereocenters. The highest BCUT2D eigenvalue weighted by Gasteiger charge is 2.18. The second kappa shape index (κ2) is 7.28. The summed E-state index contributed by atoms with van der Waals surface area (Å²) < 4.78 is 15.1. The molecule has 7 nitrogen and oxygen atoms in total. The Kier molecular flexibility index (Phi) is 4.84. The Balaban J connectivity index is 1.69. The van der Waals surface area contributed by atoms with Crippen molar-refractivity contribution in [3.63, 3.8) is 0 Å². The van der Waals surface area contributed by atoms with Crippen LogP contribution in [0, 0.1) is 5.82 Å². The van der Waals surface area contributed by atoms with Gasteiger partial charge in [-0.3, -0.25) is 4.68 Å². The van der Waals surface area contributed by atoms with Crippen LogP contribution in [0.5, 0.6) is 0 Å². The molecular weight excluding hydrogens is 369 g/mol.